The summed E-state index contributed by atoms with van der Waals surface area (Å²) in [6.45, 7) is 1.79. The van der Waals surface area contributed by atoms with Crippen molar-refractivity contribution >= 4 is 29.1 Å². The van der Waals surface area contributed by atoms with Crippen LogP contribution in [0.1, 0.15) is 30.4 Å². The Labute approximate surface area is 206 Å². The van der Waals surface area contributed by atoms with Crippen molar-refractivity contribution in [3.05, 3.63) is 63.6 Å². The van der Waals surface area contributed by atoms with Crippen molar-refractivity contribution in [1.29, 1.82) is 0 Å². The van der Waals surface area contributed by atoms with Gasteiger partial charge in [-0.25, -0.2) is 0 Å². The predicted octanol–water partition coefficient (Wildman–Crippen LogP) is 4.42. The highest BCUT2D eigenvalue weighted by Gasteiger charge is 2.52. The Morgan fingerprint density at radius 1 is 1.24 bits per heavy atom. The molecule has 0 radical (unpaired) electrons. The Morgan fingerprint density at radius 2 is 2.03 bits per heavy atom. The largest absolute Gasteiger partial charge is 0.497 e. The average Bonchev–Trinajstić information content (AvgIpc) is 2.81. The summed E-state index contributed by atoms with van der Waals surface area (Å²) in [5.41, 5.74) is 1.81. The van der Waals surface area contributed by atoms with Crippen LogP contribution in [0.3, 0.4) is 0 Å². The van der Waals surface area contributed by atoms with E-state index in [1.54, 1.807) is 19.2 Å². The number of carbonyl (C=O) groups is 1. The summed E-state index contributed by atoms with van der Waals surface area (Å²) >= 11 is 12.2. The highest BCUT2D eigenvalue weighted by atomic mass is 35.5. The highest BCUT2D eigenvalue weighted by Crippen LogP contribution is 2.50. The number of ether oxygens (including phenoxy) is 1. The number of hydrogen-bond acceptors (Lipinski definition) is 4. The standard InChI is InChI=1S/C26H32Cl2N2O3/c1-29-10-9-26(18-5-4-6-20(13-18)33-3)15-19(14-24(31)21(26)16-29)30(2)25(32)12-17-7-8-22(27)23(28)11-17/h4-8,11,13,19,21,24,31H,9-10,12,14-16H2,1-3H3/t19-,21+,24?,26+/m1/s1. The number of carbonyl (C=O) groups excluding carboxylic acids is 1. The minimum Gasteiger partial charge on any atom is -0.497 e. The Balaban J connectivity index is 1.61. The molecule has 33 heavy (non-hydrogen) atoms. The SMILES string of the molecule is COc1cccc([C@@]23CCN(C)C[C@H]2C(O)C[C@@H](N(C)C(=O)Cc2ccc(Cl)c(Cl)c2)C3)c1. The molecular weight excluding hydrogens is 459 g/mol. The van der Waals surface area contributed by atoms with Crippen LogP contribution in [0, 0.1) is 5.92 Å². The topological polar surface area (TPSA) is 53.0 Å². The Bertz CT molecular complexity index is 1020. The zero-order chi connectivity index (χ0) is 23.8. The molecule has 1 heterocycles. The van der Waals surface area contributed by atoms with E-state index < -0.39 is 6.10 Å². The van der Waals surface area contributed by atoms with Crippen LogP contribution in [0.15, 0.2) is 42.5 Å². The normalized spacial score (nSPS) is 27.6. The van der Waals surface area contributed by atoms with E-state index in [9.17, 15) is 9.90 Å². The Kier molecular flexibility index (Phi) is 7.25. The molecular formula is C26H32Cl2N2O3. The van der Waals surface area contributed by atoms with Gasteiger partial charge in [0.15, 0.2) is 0 Å². The van der Waals surface area contributed by atoms with Gasteiger partial charge in [0.05, 0.1) is 29.7 Å². The summed E-state index contributed by atoms with van der Waals surface area (Å²) in [6, 6.07) is 13.5. The van der Waals surface area contributed by atoms with Crippen LogP contribution in [0.5, 0.6) is 5.75 Å². The number of nitrogens with zero attached hydrogens (tertiary/aromatic N) is 2. The third kappa shape index (κ3) is 4.88. The van der Waals surface area contributed by atoms with Gasteiger partial charge < -0.3 is 19.6 Å². The van der Waals surface area contributed by atoms with E-state index in [4.69, 9.17) is 27.9 Å². The number of rotatable bonds is 5. The molecule has 2 aromatic carbocycles. The molecule has 4 atom stereocenters. The van der Waals surface area contributed by atoms with Crippen LogP contribution < -0.4 is 4.74 Å². The average molecular weight is 491 g/mol. The molecule has 0 spiro atoms. The van der Waals surface area contributed by atoms with Crippen LogP contribution in [-0.2, 0) is 16.6 Å². The maximum atomic E-state index is 13.2. The molecule has 0 bridgehead atoms. The lowest BCUT2D eigenvalue weighted by Gasteiger charge is -2.55. The number of halogens is 2. The maximum Gasteiger partial charge on any atom is 0.226 e. The van der Waals surface area contributed by atoms with E-state index in [2.05, 4.69) is 24.1 Å². The molecule has 178 valence electrons. The van der Waals surface area contributed by atoms with Crippen molar-refractivity contribution in [3.63, 3.8) is 0 Å². The molecule has 1 N–H and O–H groups in total. The molecule has 1 saturated heterocycles. The molecule has 2 aromatic rings. The molecule has 2 fully saturated rings. The number of piperidine rings is 1. The number of hydrogen-bond donors (Lipinski definition) is 1. The van der Waals surface area contributed by atoms with Crippen molar-refractivity contribution < 1.29 is 14.6 Å². The number of fused-ring (bicyclic) bond motifs is 1. The van der Waals surface area contributed by atoms with Crippen molar-refractivity contribution in [2.24, 2.45) is 5.92 Å². The van der Waals surface area contributed by atoms with Gasteiger partial charge in [0.2, 0.25) is 5.91 Å². The van der Waals surface area contributed by atoms with Crippen molar-refractivity contribution in [2.75, 3.05) is 34.3 Å². The lowest BCUT2D eigenvalue weighted by Crippen LogP contribution is -2.60. The van der Waals surface area contributed by atoms with Crippen LogP contribution in [0.2, 0.25) is 10.0 Å². The first-order valence-corrected chi connectivity index (χ1v) is 12.2. The number of aliphatic hydroxyl groups is 1. The van der Waals surface area contributed by atoms with Crippen molar-refractivity contribution in [3.8, 4) is 5.75 Å². The minimum absolute atomic E-state index is 0.0118. The molecule has 1 amide bonds. The lowest BCUT2D eigenvalue weighted by atomic mass is 9.57. The van der Waals surface area contributed by atoms with Gasteiger partial charge in [-0.1, -0.05) is 41.4 Å². The van der Waals surface area contributed by atoms with E-state index >= 15 is 0 Å². The lowest BCUT2D eigenvalue weighted by molar-refractivity contribution is -0.135. The predicted molar refractivity (Wildman–Crippen MR) is 132 cm³/mol. The van der Waals surface area contributed by atoms with Gasteiger partial charge in [-0.3, -0.25) is 4.79 Å². The first kappa shape index (κ1) is 24.3. The van der Waals surface area contributed by atoms with Gasteiger partial charge in [0.1, 0.15) is 5.75 Å². The monoisotopic (exact) mass is 490 g/mol. The third-order valence-corrected chi connectivity index (χ3v) is 8.40. The molecule has 1 aliphatic heterocycles. The van der Waals surface area contributed by atoms with Gasteiger partial charge in [0.25, 0.3) is 0 Å². The molecule has 0 aromatic heterocycles. The van der Waals surface area contributed by atoms with E-state index in [0.29, 0.717) is 16.5 Å². The quantitative estimate of drug-likeness (QED) is 0.673. The summed E-state index contributed by atoms with van der Waals surface area (Å²) in [6.07, 6.45) is 2.09. The number of aliphatic hydroxyl groups excluding tert-OH is 1. The van der Waals surface area contributed by atoms with E-state index in [-0.39, 0.29) is 29.7 Å². The summed E-state index contributed by atoms with van der Waals surface area (Å²) in [4.78, 5) is 17.3. The Morgan fingerprint density at radius 3 is 2.76 bits per heavy atom. The summed E-state index contributed by atoms with van der Waals surface area (Å²) in [5.74, 6) is 0.941. The molecule has 1 aliphatic carbocycles. The second-order valence-corrected chi connectivity index (χ2v) is 10.4. The summed E-state index contributed by atoms with van der Waals surface area (Å²) in [7, 11) is 5.64. The minimum atomic E-state index is -0.488. The fourth-order valence-electron chi connectivity index (χ4n) is 5.72. The Hall–Kier alpha value is -1.79. The van der Waals surface area contributed by atoms with Gasteiger partial charge >= 0.3 is 0 Å². The number of methoxy groups -OCH3 is 1. The molecule has 5 nitrogen and oxygen atoms in total. The van der Waals surface area contributed by atoms with E-state index in [0.717, 1.165) is 37.2 Å². The van der Waals surface area contributed by atoms with Gasteiger partial charge in [0, 0.05) is 31.0 Å². The molecule has 4 rings (SSSR count). The smallest absolute Gasteiger partial charge is 0.226 e. The van der Waals surface area contributed by atoms with Crippen LogP contribution >= 0.6 is 23.2 Å². The van der Waals surface area contributed by atoms with Gasteiger partial charge in [-0.05, 0) is 68.2 Å². The van der Waals surface area contributed by atoms with E-state index in [1.807, 2.05) is 30.1 Å². The first-order chi connectivity index (χ1) is 15.7. The zero-order valence-electron chi connectivity index (χ0n) is 19.4. The fraction of sp³-hybridized carbons (Fsp3) is 0.500. The first-order valence-electron chi connectivity index (χ1n) is 11.4. The molecule has 2 aliphatic rings. The second kappa shape index (κ2) is 9.83. The number of benzene rings is 2. The van der Waals surface area contributed by atoms with Gasteiger partial charge in [-0.15, -0.1) is 0 Å². The number of amides is 1. The molecule has 1 saturated carbocycles. The zero-order valence-corrected chi connectivity index (χ0v) is 20.9. The number of likely N-dealkylation sites (tertiary alicyclic amines) is 1. The fourth-order valence-corrected chi connectivity index (χ4v) is 6.05. The second-order valence-electron chi connectivity index (χ2n) is 9.60. The molecule has 1 unspecified atom stereocenters. The van der Waals surface area contributed by atoms with Crippen molar-refractivity contribution in [1.82, 2.24) is 9.80 Å². The summed E-state index contributed by atoms with van der Waals surface area (Å²) < 4.78 is 5.51. The van der Waals surface area contributed by atoms with Crippen LogP contribution in [0.4, 0.5) is 0 Å². The van der Waals surface area contributed by atoms with Crippen LogP contribution in [0.25, 0.3) is 0 Å². The van der Waals surface area contributed by atoms with Crippen LogP contribution in [-0.4, -0.2) is 67.3 Å². The van der Waals surface area contributed by atoms with E-state index in [1.165, 1.54) is 5.56 Å². The maximum absolute atomic E-state index is 13.2. The van der Waals surface area contributed by atoms with Gasteiger partial charge in [-0.2, -0.15) is 0 Å². The van der Waals surface area contributed by atoms with Crippen molar-refractivity contribution in [2.45, 2.75) is 43.2 Å². The number of likely N-dealkylation sites (N-methyl/N-ethyl adjacent to an activating group) is 1. The molecule has 7 heteroatoms. The third-order valence-electron chi connectivity index (χ3n) is 7.66. The summed E-state index contributed by atoms with van der Waals surface area (Å²) in [5, 5.41) is 12.2. The highest BCUT2D eigenvalue weighted by molar-refractivity contribution is 6.42.